The predicted molar refractivity (Wildman–Crippen MR) is 75.6 cm³/mol. The van der Waals surface area contributed by atoms with Gasteiger partial charge in [0.2, 0.25) is 0 Å². The summed E-state index contributed by atoms with van der Waals surface area (Å²) in [7, 11) is 0. The molecule has 0 fully saturated rings. The first-order chi connectivity index (χ1) is 8.97. The number of benzene rings is 2. The molecule has 0 radical (unpaired) electrons. The fourth-order valence-electron chi connectivity index (χ4n) is 1.53. The van der Waals surface area contributed by atoms with Crippen molar-refractivity contribution in [2.75, 3.05) is 0 Å². The number of carbonyl (C=O) groups is 1. The van der Waals surface area contributed by atoms with Gasteiger partial charge in [-0.1, -0.05) is 11.6 Å². The van der Waals surface area contributed by atoms with Gasteiger partial charge in [0.25, 0.3) is 0 Å². The van der Waals surface area contributed by atoms with Crippen molar-refractivity contribution in [1.29, 1.82) is 0 Å². The molecule has 2 aromatic carbocycles. The summed E-state index contributed by atoms with van der Waals surface area (Å²) >= 11 is 9.24. The molecule has 2 rings (SSSR count). The van der Waals surface area contributed by atoms with E-state index in [1.54, 1.807) is 18.2 Å². The number of hydrogen-bond donors (Lipinski definition) is 0. The van der Waals surface area contributed by atoms with E-state index < -0.39 is 5.82 Å². The standard InChI is InChI=1S/C14H9BrClFO2/c1-8(18)11-4-3-10(7-13(11)16)19-14-6-9(17)2-5-12(14)15/h2-7H,1H3. The Morgan fingerprint density at radius 1 is 1.26 bits per heavy atom. The maximum Gasteiger partial charge on any atom is 0.161 e. The number of rotatable bonds is 3. The molecule has 0 saturated heterocycles. The zero-order valence-electron chi connectivity index (χ0n) is 9.91. The van der Waals surface area contributed by atoms with Gasteiger partial charge < -0.3 is 4.74 Å². The van der Waals surface area contributed by atoms with Crippen molar-refractivity contribution < 1.29 is 13.9 Å². The highest BCUT2D eigenvalue weighted by Gasteiger charge is 2.09. The molecular weight excluding hydrogens is 335 g/mol. The third kappa shape index (κ3) is 3.33. The van der Waals surface area contributed by atoms with Gasteiger partial charge in [0.1, 0.15) is 17.3 Å². The van der Waals surface area contributed by atoms with Gasteiger partial charge in [0.05, 0.1) is 9.50 Å². The van der Waals surface area contributed by atoms with Crippen molar-refractivity contribution >= 4 is 33.3 Å². The van der Waals surface area contributed by atoms with Crippen LogP contribution in [0.15, 0.2) is 40.9 Å². The van der Waals surface area contributed by atoms with Crippen LogP contribution in [0, 0.1) is 5.82 Å². The van der Waals surface area contributed by atoms with E-state index >= 15 is 0 Å². The van der Waals surface area contributed by atoms with Crippen LogP contribution >= 0.6 is 27.5 Å². The Bertz CT molecular complexity index is 643. The summed E-state index contributed by atoms with van der Waals surface area (Å²) in [4.78, 5) is 11.3. The van der Waals surface area contributed by atoms with Gasteiger partial charge in [-0.05, 0) is 47.1 Å². The molecule has 2 aromatic rings. The second kappa shape index (κ2) is 5.72. The van der Waals surface area contributed by atoms with Gasteiger partial charge in [-0.25, -0.2) is 4.39 Å². The first-order valence-electron chi connectivity index (χ1n) is 5.41. The topological polar surface area (TPSA) is 26.3 Å². The maximum absolute atomic E-state index is 13.1. The van der Waals surface area contributed by atoms with Crippen LogP contribution in [-0.2, 0) is 0 Å². The average Bonchev–Trinajstić information content (AvgIpc) is 2.33. The molecular formula is C14H9BrClFO2. The van der Waals surface area contributed by atoms with Gasteiger partial charge in [-0.3, -0.25) is 4.79 Å². The minimum absolute atomic E-state index is 0.122. The summed E-state index contributed by atoms with van der Waals surface area (Å²) < 4.78 is 19.3. The zero-order valence-corrected chi connectivity index (χ0v) is 12.3. The van der Waals surface area contributed by atoms with Crippen molar-refractivity contribution in [3.63, 3.8) is 0 Å². The minimum Gasteiger partial charge on any atom is -0.456 e. The van der Waals surface area contributed by atoms with Crippen molar-refractivity contribution in [1.82, 2.24) is 0 Å². The minimum atomic E-state index is -0.398. The van der Waals surface area contributed by atoms with E-state index in [2.05, 4.69) is 15.9 Å². The van der Waals surface area contributed by atoms with Crippen molar-refractivity contribution in [2.45, 2.75) is 6.92 Å². The van der Waals surface area contributed by atoms with Crippen LogP contribution in [0.4, 0.5) is 4.39 Å². The summed E-state index contributed by atoms with van der Waals surface area (Å²) in [6, 6.07) is 8.85. The van der Waals surface area contributed by atoms with Gasteiger partial charge in [-0.2, -0.15) is 0 Å². The van der Waals surface area contributed by atoms with Crippen LogP contribution in [0.25, 0.3) is 0 Å². The smallest absolute Gasteiger partial charge is 0.161 e. The van der Waals surface area contributed by atoms with E-state index in [0.717, 1.165) is 0 Å². The van der Waals surface area contributed by atoms with Crippen LogP contribution in [0.3, 0.4) is 0 Å². The molecule has 0 amide bonds. The second-order valence-corrected chi connectivity index (χ2v) is 5.14. The molecule has 2 nitrogen and oxygen atoms in total. The molecule has 0 aliphatic carbocycles. The van der Waals surface area contributed by atoms with Crippen molar-refractivity contribution in [3.05, 3.63) is 57.3 Å². The van der Waals surface area contributed by atoms with Gasteiger partial charge in [-0.15, -0.1) is 0 Å². The van der Waals surface area contributed by atoms with E-state index in [1.165, 1.54) is 25.1 Å². The van der Waals surface area contributed by atoms with Gasteiger partial charge in [0, 0.05) is 17.7 Å². The molecule has 0 bridgehead atoms. The third-order valence-electron chi connectivity index (χ3n) is 2.44. The van der Waals surface area contributed by atoms with Crippen LogP contribution < -0.4 is 4.74 Å². The molecule has 0 aromatic heterocycles. The number of halogens is 3. The number of carbonyl (C=O) groups excluding carboxylic acids is 1. The SMILES string of the molecule is CC(=O)c1ccc(Oc2cc(F)ccc2Br)cc1Cl. The second-order valence-electron chi connectivity index (χ2n) is 3.87. The normalized spacial score (nSPS) is 10.3. The van der Waals surface area contributed by atoms with Crippen molar-refractivity contribution in [3.8, 4) is 11.5 Å². The molecule has 0 heterocycles. The molecule has 0 aliphatic rings. The summed E-state index contributed by atoms with van der Waals surface area (Å²) in [6.45, 7) is 1.44. The average molecular weight is 344 g/mol. The number of ether oxygens (including phenoxy) is 1. The van der Waals surface area contributed by atoms with Crippen LogP contribution in [0.1, 0.15) is 17.3 Å². The van der Waals surface area contributed by atoms with E-state index in [1.807, 2.05) is 0 Å². The highest BCUT2D eigenvalue weighted by molar-refractivity contribution is 9.10. The molecule has 0 spiro atoms. The lowest BCUT2D eigenvalue weighted by Gasteiger charge is -2.09. The van der Waals surface area contributed by atoms with Gasteiger partial charge >= 0.3 is 0 Å². The number of hydrogen-bond acceptors (Lipinski definition) is 2. The Balaban J connectivity index is 2.31. The Kier molecular flexibility index (Phi) is 4.22. The lowest BCUT2D eigenvalue weighted by molar-refractivity contribution is 0.101. The molecule has 19 heavy (non-hydrogen) atoms. The van der Waals surface area contributed by atoms with Crippen LogP contribution in [0.5, 0.6) is 11.5 Å². The monoisotopic (exact) mass is 342 g/mol. The molecule has 0 saturated carbocycles. The van der Waals surface area contributed by atoms with E-state index in [0.29, 0.717) is 26.6 Å². The third-order valence-corrected chi connectivity index (χ3v) is 3.41. The summed E-state index contributed by atoms with van der Waals surface area (Å²) in [5, 5.41) is 0.303. The highest BCUT2D eigenvalue weighted by Crippen LogP contribution is 2.32. The summed E-state index contributed by atoms with van der Waals surface area (Å²) in [5.41, 5.74) is 0.423. The van der Waals surface area contributed by atoms with Crippen LogP contribution in [0.2, 0.25) is 5.02 Å². The Labute approximate surface area is 123 Å². The van der Waals surface area contributed by atoms with Gasteiger partial charge in [0.15, 0.2) is 5.78 Å². The molecule has 0 aliphatic heterocycles. The van der Waals surface area contributed by atoms with E-state index in [9.17, 15) is 9.18 Å². The lowest BCUT2D eigenvalue weighted by atomic mass is 10.1. The molecule has 0 atom stereocenters. The van der Waals surface area contributed by atoms with E-state index in [-0.39, 0.29) is 5.78 Å². The van der Waals surface area contributed by atoms with E-state index in [4.69, 9.17) is 16.3 Å². The Morgan fingerprint density at radius 3 is 2.63 bits per heavy atom. The fourth-order valence-corrected chi connectivity index (χ4v) is 2.16. The fraction of sp³-hybridized carbons (Fsp3) is 0.0714. The molecule has 0 unspecified atom stereocenters. The summed E-state index contributed by atoms with van der Waals surface area (Å²) in [5.74, 6) is 0.251. The maximum atomic E-state index is 13.1. The first-order valence-corrected chi connectivity index (χ1v) is 6.58. The number of ketones is 1. The number of Topliss-reactive ketones (excluding diaryl/α,β-unsaturated/α-hetero) is 1. The zero-order chi connectivity index (χ0) is 14.0. The highest BCUT2D eigenvalue weighted by atomic mass is 79.9. The lowest BCUT2D eigenvalue weighted by Crippen LogP contribution is -1.94. The molecule has 98 valence electrons. The van der Waals surface area contributed by atoms with Crippen LogP contribution in [-0.4, -0.2) is 5.78 Å². The molecule has 0 N–H and O–H groups in total. The quantitative estimate of drug-likeness (QED) is 0.713. The largest absolute Gasteiger partial charge is 0.456 e. The first kappa shape index (κ1) is 14.0. The Morgan fingerprint density at radius 2 is 2.00 bits per heavy atom. The Hall–Kier alpha value is -1.39. The predicted octanol–water partition coefficient (Wildman–Crippen LogP) is 5.24. The molecule has 5 heteroatoms. The van der Waals surface area contributed by atoms with Crippen molar-refractivity contribution in [2.24, 2.45) is 0 Å². The summed E-state index contributed by atoms with van der Waals surface area (Å²) in [6.07, 6.45) is 0.